The molecule has 10 heteroatoms. The van der Waals surface area contributed by atoms with Gasteiger partial charge in [0.15, 0.2) is 0 Å². The third-order valence-electron chi connectivity index (χ3n) is 5.61. The van der Waals surface area contributed by atoms with Gasteiger partial charge in [0.25, 0.3) is 10.2 Å². The topological polar surface area (TPSA) is 73.0 Å². The third-order valence-corrected chi connectivity index (χ3v) is 7.64. The van der Waals surface area contributed by atoms with Gasteiger partial charge in [-0.2, -0.15) is 17.0 Å². The van der Waals surface area contributed by atoms with Crippen molar-refractivity contribution in [1.29, 1.82) is 0 Å². The van der Waals surface area contributed by atoms with Gasteiger partial charge < -0.3 is 5.32 Å². The number of carbonyl (C=O) groups is 1. The van der Waals surface area contributed by atoms with Crippen molar-refractivity contribution < 1.29 is 22.0 Å². The summed E-state index contributed by atoms with van der Waals surface area (Å²) >= 11 is 0. The second-order valence-electron chi connectivity index (χ2n) is 7.55. The molecule has 2 fully saturated rings. The van der Waals surface area contributed by atoms with Gasteiger partial charge in [-0.15, -0.1) is 0 Å². The first kappa shape index (κ1) is 22.1. The summed E-state index contributed by atoms with van der Waals surface area (Å²) in [5.41, 5.74) is -0.0781. The highest BCUT2D eigenvalue weighted by molar-refractivity contribution is 7.86. The average Bonchev–Trinajstić information content (AvgIpc) is 3.00. The zero-order valence-corrected chi connectivity index (χ0v) is 17.4. The van der Waals surface area contributed by atoms with Crippen LogP contribution in [0, 0.1) is 11.6 Å². The van der Waals surface area contributed by atoms with Crippen LogP contribution < -0.4 is 5.32 Å². The molecule has 2 saturated heterocycles. The normalized spacial score (nSPS) is 21.5. The molecule has 1 N–H and O–H groups in total. The van der Waals surface area contributed by atoms with Crippen LogP contribution in [0.25, 0.3) is 0 Å². The number of rotatable bonds is 5. The second-order valence-corrected chi connectivity index (χ2v) is 9.47. The Balaban J connectivity index is 1.55. The number of benzene rings is 1. The van der Waals surface area contributed by atoms with Gasteiger partial charge in [0.2, 0.25) is 5.91 Å². The molecule has 1 aromatic rings. The minimum atomic E-state index is -3.48. The molecule has 162 valence electrons. The van der Waals surface area contributed by atoms with E-state index in [-0.39, 0.29) is 5.69 Å². The monoisotopic (exact) mass is 430 g/mol. The summed E-state index contributed by atoms with van der Waals surface area (Å²) in [6.07, 6.45) is 3.88. The van der Waals surface area contributed by atoms with Gasteiger partial charge in [-0.1, -0.05) is 12.8 Å². The van der Waals surface area contributed by atoms with Crippen molar-refractivity contribution in [2.45, 2.75) is 38.6 Å². The van der Waals surface area contributed by atoms with E-state index in [0.717, 1.165) is 31.7 Å². The van der Waals surface area contributed by atoms with Gasteiger partial charge in [0.1, 0.15) is 11.6 Å². The van der Waals surface area contributed by atoms with E-state index >= 15 is 0 Å². The summed E-state index contributed by atoms with van der Waals surface area (Å²) in [5.74, 6) is -1.96. The Bertz CT molecular complexity index is 821. The lowest BCUT2D eigenvalue weighted by Crippen LogP contribution is -2.56. The molecule has 0 radical (unpaired) electrons. The molecule has 2 heterocycles. The van der Waals surface area contributed by atoms with Gasteiger partial charge in [0.05, 0.1) is 11.7 Å². The summed E-state index contributed by atoms with van der Waals surface area (Å²) in [7, 11) is -3.48. The van der Waals surface area contributed by atoms with Crippen molar-refractivity contribution in [3.05, 3.63) is 29.8 Å². The molecule has 3 rings (SSSR count). The first-order valence-electron chi connectivity index (χ1n) is 10.0. The molecule has 0 saturated carbocycles. The van der Waals surface area contributed by atoms with Crippen molar-refractivity contribution in [2.24, 2.45) is 0 Å². The Morgan fingerprint density at radius 3 is 2.14 bits per heavy atom. The Labute approximate surface area is 170 Å². The maximum absolute atomic E-state index is 13.8. The quantitative estimate of drug-likeness (QED) is 0.776. The number of anilines is 1. The number of hydrogen-bond acceptors (Lipinski definition) is 4. The van der Waals surface area contributed by atoms with Crippen molar-refractivity contribution in [3.8, 4) is 0 Å². The van der Waals surface area contributed by atoms with Crippen LogP contribution in [0.5, 0.6) is 0 Å². The number of piperazine rings is 1. The maximum Gasteiger partial charge on any atom is 0.282 e. The number of nitrogens with zero attached hydrogens (tertiary/aromatic N) is 3. The highest BCUT2D eigenvalue weighted by Crippen LogP contribution is 2.20. The highest BCUT2D eigenvalue weighted by atomic mass is 32.2. The van der Waals surface area contributed by atoms with E-state index in [4.69, 9.17) is 0 Å². The van der Waals surface area contributed by atoms with Crippen molar-refractivity contribution in [3.63, 3.8) is 0 Å². The Morgan fingerprint density at radius 1 is 0.966 bits per heavy atom. The minimum Gasteiger partial charge on any atom is -0.322 e. The van der Waals surface area contributed by atoms with E-state index in [0.29, 0.717) is 45.3 Å². The number of amides is 1. The average molecular weight is 431 g/mol. The molecular formula is C19H28F2N4O3S. The molecule has 2 aliphatic heterocycles. The molecule has 1 atom stereocenters. The van der Waals surface area contributed by atoms with Gasteiger partial charge in [0, 0.05) is 45.3 Å². The van der Waals surface area contributed by atoms with Gasteiger partial charge in [-0.25, -0.2) is 8.78 Å². The zero-order chi connectivity index (χ0) is 21.0. The van der Waals surface area contributed by atoms with Gasteiger partial charge in [-0.3, -0.25) is 9.69 Å². The van der Waals surface area contributed by atoms with Crippen LogP contribution in [0.3, 0.4) is 0 Å². The summed E-state index contributed by atoms with van der Waals surface area (Å²) in [5, 5.41) is 2.47. The van der Waals surface area contributed by atoms with Crippen molar-refractivity contribution in [1.82, 2.24) is 13.5 Å². The Morgan fingerprint density at radius 2 is 1.55 bits per heavy atom. The first-order chi connectivity index (χ1) is 13.8. The van der Waals surface area contributed by atoms with E-state index in [1.165, 1.54) is 10.4 Å². The van der Waals surface area contributed by atoms with E-state index in [2.05, 4.69) is 5.32 Å². The number of nitrogens with one attached hydrogen (secondary N) is 1. The number of hydrogen-bond donors (Lipinski definition) is 1. The molecule has 1 unspecified atom stereocenters. The van der Waals surface area contributed by atoms with Gasteiger partial charge in [-0.05, 0) is 31.9 Å². The fourth-order valence-corrected chi connectivity index (χ4v) is 5.42. The van der Waals surface area contributed by atoms with Crippen LogP contribution in [-0.2, 0) is 15.0 Å². The van der Waals surface area contributed by atoms with E-state index in [1.54, 1.807) is 11.2 Å². The van der Waals surface area contributed by atoms with Crippen LogP contribution >= 0.6 is 0 Å². The summed E-state index contributed by atoms with van der Waals surface area (Å²) in [6.45, 7) is 4.24. The lowest BCUT2D eigenvalue weighted by atomic mass is 10.2. The molecule has 0 spiro atoms. The molecule has 2 aliphatic rings. The van der Waals surface area contributed by atoms with E-state index in [1.807, 2.05) is 4.90 Å². The molecule has 1 aromatic carbocycles. The summed E-state index contributed by atoms with van der Waals surface area (Å²) in [4.78, 5) is 14.3. The highest BCUT2D eigenvalue weighted by Gasteiger charge is 2.34. The molecule has 0 bridgehead atoms. The standard InChI is InChI=1S/C19H28F2N4O3S/c1-15(19(26)22-18-7-6-16(20)14-17(18)21)23-10-12-25(13-11-23)29(27,28)24-8-4-2-3-5-9-24/h6-7,14-15H,2-5,8-13H2,1H3,(H,22,26). The Kier molecular flexibility index (Phi) is 7.20. The van der Waals surface area contributed by atoms with Gasteiger partial charge >= 0.3 is 0 Å². The summed E-state index contributed by atoms with van der Waals surface area (Å²) in [6, 6.07) is 2.41. The van der Waals surface area contributed by atoms with E-state index in [9.17, 15) is 22.0 Å². The molecule has 1 amide bonds. The third kappa shape index (κ3) is 5.30. The van der Waals surface area contributed by atoms with Crippen LogP contribution in [-0.4, -0.2) is 73.1 Å². The van der Waals surface area contributed by atoms with Crippen LogP contribution in [0.4, 0.5) is 14.5 Å². The van der Waals surface area contributed by atoms with Crippen LogP contribution in [0.2, 0.25) is 0 Å². The molecule has 0 aromatic heterocycles. The fraction of sp³-hybridized carbons (Fsp3) is 0.632. The largest absolute Gasteiger partial charge is 0.322 e. The fourth-order valence-electron chi connectivity index (χ4n) is 3.75. The Hall–Kier alpha value is -1.62. The van der Waals surface area contributed by atoms with E-state index < -0.39 is 33.8 Å². The first-order valence-corrected chi connectivity index (χ1v) is 11.4. The minimum absolute atomic E-state index is 0.0781. The predicted octanol–water partition coefficient (Wildman–Crippen LogP) is 2.03. The second kappa shape index (κ2) is 9.46. The molecule has 7 nitrogen and oxygen atoms in total. The zero-order valence-electron chi connectivity index (χ0n) is 16.6. The smallest absolute Gasteiger partial charge is 0.282 e. The van der Waals surface area contributed by atoms with Crippen LogP contribution in [0.1, 0.15) is 32.6 Å². The number of carbonyl (C=O) groups excluding carboxylic acids is 1. The SMILES string of the molecule is CC(C(=O)Nc1ccc(F)cc1F)N1CCN(S(=O)(=O)N2CCCCCC2)CC1. The lowest BCUT2D eigenvalue weighted by Gasteiger charge is -2.38. The molecule has 29 heavy (non-hydrogen) atoms. The number of halogens is 2. The summed E-state index contributed by atoms with van der Waals surface area (Å²) < 4.78 is 55.6. The predicted molar refractivity (Wildman–Crippen MR) is 107 cm³/mol. The van der Waals surface area contributed by atoms with Crippen molar-refractivity contribution in [2.75, 3.05) is 44.6 Å². The van der Waals surface area contributed by atoms with Crippen LogP contribution in [0.15, 0.2) is 18.2 Å². The van der Waals surface area contributed by atoms with Crippen molar-refractivity contribution >= 4 is 21.8 Å². The molecule has 0 aliphatic carbocycles. The lowest BCUT2D eigenvalue weighted by molar-refractivity contribution is -0.121. The maximum atomic E-state index is 13.8. The molecular weight excluding hydrogens is 402 g/mol.